The van der Waals surface area contributed by atoms with Crippen molar-refractivity contribution in [2.24, 2.45) is 5.92 Å². The number of esters is 1. The van der Waals surface area contributed by atoms with Gasteiger partial charge in [-0.15, -0.1) is 0 Å². The van der Waals surface area contributed by atoms with Crippen molar-refractivity contribution in [1.82, 2.24) is 0 Å². The van der Waals surface area contributed by atoms with Gasteiger partial charge in [-0.25, -0.2) is 0 Å². The van der Waals surface area contributed by atoms with Crippen LogP contribution >= 0.6 is 11.6 Å². The van der Waals surface area contributed by atoms with Crippen LogP contribution in [0.4, 0.5) is 5.69 Å². The van der Waals surface area contributed by atoms with Crippen LogP contribution in [0, 0.1) is 5.92 Å². The maximum atomic E-state index is 12.0. The van der Waals surface area contributed by atoms with E-state index >= 15 is 0 Å². The third-order valence-corrected chi connectivity index (χ3v) is 3.63. The summed E-state index contributed by atoms with van der Waals surface area (Å²) in [4.78, 5) is 23.9. The minimum atomic E-state index is -0.820. The minimum absolute atomic E-state index is 0.138. The van der Waals surface area contributed by atoms with Crippen molar-refractivity contribution in [3.8, 4) is 0 Å². The average Bonchev–Trinajstić information content (AvgIpc) is 2.50. The summed E-state index contributed by atoms with van der Waals surface area (Å²) in [6, 6.07) is 6.76. The average molecular weight is 308 g/mol. The number of hydrogen-bond donors (Lipinski definition) is 1. The largest absolute Gasteiger partial charge is 0.452 e. The monoisotopic (exact) mass is 307 g/mol. The van der Waals surface area contributed by atoms with Crippen LogP contribution in [0.15, 0.2) is 36.4 Å². The van der Waals surface area contributed by atoms with Gasteiger partial charge in [0.15, 0.2) is 6.10 Å². The Bertz CT molecular complexity index is 539. The molecule has 112 valence electrons. The van der Waals surface area contributed by atoms with Crippen molar-refractivity contribution in [3.63, 3.8) is 0 Å². The number of halogens is 1. The van der Waals surface area contributed by atoms with Gasteiger partial charge in [0.05, 0.1) is 5.92 Å². The predicted molar refractivity (Wildman–Crippen MR) is 82.1 cm³/mol. The molecule has 0 spiro atoms. The smallest absolute Gasteiger partial charge is 0.310 e. The van der Waals surface area contributed by atoms with Crippen LogP contribution < -0.4 is 5.32 Å². The van der Waals surface area contributed by atoms with Gasteiger partial charge in [-0.05, 0) is 50.5 Å². The number of rotatable bonds is 4. The second-order valence-corrected chi connectivity index (χ2v) is 5.49. The highest BCUT2D eigenvalue weighted by Gasteiger charge is 2.24. The molecule has 0 fully saturated rings. The summed E-state index contributed by atoms with van der Waals surface area (Å²) >= 11 is 5.78. The molecule has 2 atom stereocenters. The summed E-state index contributed by atoms with van der Waals surface area (Å²) in [5, 5.41) is 3.28. The molecule has 1 aromatic rings. The van der Waals surface area contributed by atoms with E-state index in [4.69, 9.17) is 16.3 Å². The number of ether oxygens (including phenoxy) is 1. The molecule has 1 aliphatic rings. The topological polar surface area (TPSA) is 55.4 Å². The van der Waals surface area contributed by atoms with Crippen LogP contribution in [0.1, 0.15) is 26.2 Å². The highest BCUT2D eigenvalue weighted by molar-refractivity contribution is 6.30. The number of amides is 1. The zero-order valence-corrected chi connectivity index (χ0v) is 12.6. The third kappa shape index (κ3) is 4.60. The lowest BCUT2D eigenvalue weighted by Crippen LogP contribution is -2.32. The van der Waals surface area contributed by atoms with Crippen LogP contribution in [-0.2, 0) is 14.3 Å². The lowest BCUT2D eigenvalue weighted by molar-refractivity contribution is -0.157. The van der Waals surface area contributed by atoms with Gasteiger partial charge in [-0.1, -0.05) is 23.8 Å². The van der Waals surface area contributed by atoms with Gasteiger partial charge in [0.1, 0.15) is 0 Å². The second kappa shape index (κ2) is 7.27. The molecular weight excluding hydrogens is 290 g/mol. The third-order valence-electron chi connectivity index (χ3n) is 3.38. The first-order valence-corrected chi connectivity index (χ1v) is 7.36. The molecule has 0 heterocycles. The summed E-state index contributed by atoms with van der Waals surface area (Å²) in [6.45, 7) is 1.57. The Labute approximate surface area is 129 Å². The molecule has 0 aliphatic heterocycles. The standard InChI is InChI=1S/C16H18ClNO3/c1-11(21-16(20)12-5-3-2-4-6-12)15(19)18-14-9-7-13(17)8-10-14/h2-3,7-12H,4-6H2,1H3,(H,18,19)/t11-,12-/m0/s1. The Hall–Kier alpha value is -1.81. The van der Waals surface area contributed by atoms with E-state index in [1.165, 1.54) is 0 Å². The Morgan fingerprint density at radius 2 is 2.00 bits per heavy atom. The number of allylic oxidation sites excluding steroid dienone is 2. The zero-order chi connectivity index (χ0) is 15.2. The van der Waals surface area contributed by atoms with Crippen molar-refractivity contribution in [2.75, 3.05) is 5.32 Å². The number of hydrogen-bond acceptors (Lipinski definition) is 3. The Morgan fingerprint density at radius 1 is 1.29 bits per heavy atom. The predicted octanol–water partition coefficient (Wildman–Crippen LogP) is 3.57. The minimum Gasteiger partial charge on any atom is -0.452 e. The molecule has 0 saturated carbocycles. The lowest BCUT2D eigenvalue weighted by Gasteiger charge is -2.19. The lowest BCUT2D eigenvalue weighted by atomic mass is 9.95. The molecule has 21 heavy (non-hydrogen) atoms. The summed E-state index contributed by atoms with van der Waals surface area (Å²) in [6.07, 6.45) is 5.56. The van der Waals surface area contributed by atoms with Crippen LogP contribution in [0.3, 0.4) is 0 Å². The fraction of sp³-hybridized carbons (Fsp3) is 0.375. The number of carbonyl (C=O) groups excluding carboxylic acids is 2. The summed E-state index contributed by atoms with van der Waals surface area (Å²) in [7, 11) is 0. The van der Waals surface area contributed by atoms with E-state index in [0.717, 1.165) is 12.8 Å². The van der Waals surface area contributed by atoms with Crippen LogP contribution in [0.25, 0.3) is 0 Å². The number of carbonyl (C=O) groups is 2. The molecule has 4 nitrogen and oxygen atoms in total. The van der Waals surface area contributed by atoms with E-state index in [2.05, 4.69) is 11.4 Å². The quantitative estimate of drug-likeness (QED) is 0.683. The molecule has 0 unspecified atom stereocenters. The van der Waals surface area contributed by atoms with E-state index in [1.807, 2.05) is 6.08 Å². The van der Waals surface area contributed by atoms with E-state index < -0.39 is 6.10 Å². The SMILES string of the molecule is C[C@H](OC(=O)[C@H]1CC=CCC1)C(=O)Nc1ccc(Cl)cc1. The van der Waals surface area contributed by atoms with E-state index in [1.54, 1.807) is 31.2 Å². The number of nitrogens with one attached hydrogen (secondary N) is 1. The second-order valence-electron chi connectivity index (χ2n) is 5.06. The Kier molecular flexibility index (Phi) is 5.39. The van der Waals surface area contributed by atoms with Crippen LogP contribution in [0.5, 0.6) is 0 Å². The van der Waals surface area contributed by atoms with Crippen molar-refractivity contribution >= 4 is 29.2 Å². The van der Waals surface area contributed by atoms with Gasteiger partial charge >= 0.3 is 5.97 Å². The van der Waals surface area contributed by atoms with E-state index in [0.29, 0.717) is 17.1 Å². The first-order chi connectivity index (χ1) is 10.1. The fourth-order valence-electron chi connectivity index (χ4n) is 2.11. The van der Waals surface area contributed by atoms with Gasteiger partial charge in [0.25, 0.3) is 5.91 Å². The summed E-state index contributed by atoms with van der Waals surface area (Å²) < 4.78 is 5.24. The van der Waals surface area contributed by atoms with Crippen molar-refractivity contribution in [2.45, 2.75) is 32.3 Å². The fourth-order valence-corrected chi connectivity index (χ4v) is 2.23. The Morgan fingerprint density at radius 3 is 2.62 bits per heavy atom. The molecule has 1 N–H and O–H groups in total. The van der Waals surface area contributed by atoms with Crippen molar-refractivity contribution in [1.29, 1.82) is 0 Å². The molecule has 1 amide bonds. The normalized spacial score (nSPS) is 18.9. The number of anilines is 1. The van der Waals surface area contributed by atoms with Gasteiger partial charge in [-0.2, -0.15) is 0 Å². The van der Waals surface area contributed by atoms with Gasteiger partial charge in [0, 0.05) is 10.7 Å². The summed E-state index contributed by atoms with van der Waals surface area (Å²) in [5.74, 6) is -0.795. The Balaban J connectivity index is 1.85. The molecule has 2 rings (SSSR count). The first kappa shape index (κ1) is 15.6. The zero-order valence-electron chi connectivity index (χ0n) is 11.8. The molecule has 0 radical (unpaired) electrons. The maximum Gasteiger partial charge on any atom is 0.310 e. The van der Waals surface area contributed by atoms with Crippen molar-refractivity contribution < 1.29 is 14.3 Å². The van der Waals surface area contributed by atoms with Gasteiger partial charge in [0.2, 0.25) is 0 Å². The highest BCUT2D eigenvalue weighted by atomic mass is 35.5. The summed E-state index contributed by atoms with van der Waals surface area (Å²) in [5.41, 5.74) is 0.618. The number of benzene rings is 1. The van der Waals surface area contributed by atoms with E-state index in [9.17, 15) is 9.59 Å². The van der Waals surface area contributed by atoms with Crippen LogP contribution in [-0.4, -0.2) is 18.0 Å². The molecule has 1 aromatic carbocycles. The van der Waals surface area contributed by atoms with E-state index in [-0.39, 0.29) is 17.8 Å². The first-order valence-electron chi connectivity index (χ1n) is 6.98. The molecule has 1 aliphatic carbocycles. The maximum absolute atomic E-state index is 12.0. The molecule has 0 aromatic heterocycles. The van der Waals surface area contributed by atoms with Crippen LogP contribution in [0.2, 0.25) is 5.02 Å². The molecular formula is C16H18ClNO3. The van der Waals surface area contributed by atoms with Gasteiger partial charge < -0.3 is 10.1 Å². The molecule has 0 saturated heterocycles. The molecule has 0 bridgehead atoms. The van der Waals surface area contributed by atoms with Gasteiger partial charge in [-0.3, -0.25) is 9.59 Å². The van der Waals surface area contributed by atoms with Crippen molar-refractivity contribution in [3.05, 3.63) is 41.4 Å². The highest BCUT2D eigenvalue weighted by Crippen LogP contribution is 2.20. The molecule has 5 heteroatoms.